The molecule has 5 heteroatoms. The molecule has 4 radical (unpaired) electrons. The van der Waals surface area contributed by atoms with Crippen molar-refractivity contribution >= 4 is 39.2 Å². The van der Waals surface area contributed by atoms with E-state index in [2.05, 4.69) is 0 Å². The molecule has 0 unspecified atom stereocenters. The minimum absolute atomic E-state index is 0. The molecule has 0 saturated heterocycles. The fraction of sp³-hybridized carbons (Fsp3) is 0.857. The Labute approximate surface area is 138 Å². The van der Waals surface area contributed by atoms with E-state index in [-0.39, 0.29) is 42.0 Å². The Morgan fingerprint density at radius 3 is 1.11 bits per heavy atom. The molecule has 0 N–H and O–H groups in total. The van der Waals surface area contributed by atoms with E-state index in [1.165, 1.54) is 12.8 Å². The summed E-state index contributed by atoms with van der Waals surface area (Å²) < 4.78 is 0. The number of hydrogen-bond donors (Lipinski definition) is 0. The molecule has 112 valence electrons. The summed E-state index contributed by atoms with van der Waals surface area (Å²) in [5.41, 5.74) is 0. The van der Waals surface area contributed by atoms with Gasteiger partial charge in [0.05, 0.1) is 0 Å². The summed E-state index contributed by atoms with van der Waals surface area (Å²) in [5.74, 6) is -1.98. The Bertz CT molecular complexity index is 250. The molecule has 0 heterocycles. The number of carbonyl (C=O) groups is 2. The Hall–Kier alpha value is -0.138. The molecule has 0 aliphatic heterocycles. The van der Waals surface area contributed by atoms with Gasteiger partial charge in [-0.05, 0) is 37.5 Å². The van der Waals surface area contributed by atoms with Gasteiger partial charge in [-0.1, -0.05) is 38.5 Å². The summed E-state index contributed by atoms with van der Waals surface area (Å²) in [6, 6.07) is 0. The Morgan fingerprint density at radius 2 is 0.947 bits per heavy atom. The fourth-order valence-electron chi connectivity index (χ4n) is 2.68. The maximum atomic E-state index is 10.2. The molecule has 2 rings (SSSR count). The van der Waals surface area contributed by atoms with Crippen LogP contribution in [-0.4, -0.2) is 39.2 Å². The number of carboxylic acids is 2. The second-order valence-corrected chi connectivity index (χ2v) is 5.31. The molecule has 0 aromatic heterocycles. The van der Waals surface area contributed by atoms with Crippen molar-refractivity contribution in [2.75, 3.05) is 0 Å². The van der Waals surface area contributed by atoms with Crippen LogP contribution in [0.5, 0.6) is 0 Å². The molecule has 0 bridgehead atoms. The van der Waals surface area contributed by atoms with Crippen molar-refractivity contribution in [2.24, 2.45) is 11.8 Å². The van der Waals surface area contributed by atoms with Crippen LogP contribution < -0.4 is 10.2 Å². The molecule has 0 amide bonds. The molecule has 2 aliphatic carbocycles. The van der Waals surface area contributed by atoms with E-state index in [1.807, 2.05) is 0 Å². The number of carbonyl (C=O) groups excluding carboxylic acids is 2. The van der Waals surface area contributed by atoms with Crippen LogP contribution in [0.2, 0.25) is 0 Å². The molecule has 2 aliphatic rings. The molecule has 19 heavy (non-hydrogen) atoms. The zero-order chi connectivity index (χ0) is 13.4. The van der Waals surface area contributed by atoms with Gasteiger partial charge in [0.25, 0.3) is 0 Å². The number of carboxylic acid groups (broad SMARTS) is 2. The standard InChI is InChI=1S/2C7H12O2.Pb.2H/c2*8-7(9)6-4-2-1-3-5-6;;;/h2*6H,1-5H2,(H,8,9);;;/q;;;2*-1/p-2. The first kappa shape index (κ1) is 18.9. The van der Waals surface area contributed by atoms with Crippen molar-refractivity contribution in [1.29, 1.82) is 0 Å². The molecule has 4 nitrogen and oxygen atoms in total. The zero-order valence-electron chi connectivity index (χ0n) is 13.4. The van der Waals surface area contributed by atoms with Crippen LogP contribution in [0.15, 0.2) is 0 Å². The van der Waals surface area contributed by atoms with Crippen LogP contribution in [0.1, 0.15) is 67.1 Å². The maximum absolute atomic E-state index is 10.2. The van der Waals surface area contributed by atoms with Crippen molar-refractivity contribution in [2.45, 2.75) is 64.2 Å². The van der Waals surface area contributed by atoms with Gasteiger partial charge >= 0.3 is 0 Å². The minimum Gasteiger partial charge on any atom is -1.00 e. The molecule has 0 atom stereocenters. The van der Waals surface area contributed by atoms with Crippen LogP contribution in [0, 0.1) is 11.8 Å². The van der Waals surface area contributed by atoms with E-state index >= 15 is 0 Å². The average molecular weight is 464 g/mol. The van der Waals surface area contributed by atoms with Gasteiger partial charge in [0.1, 0.15) is 0 Å². The van der Waals surface area contributed by atoms with Crippen LogP contribution >= 0.6 is 0 Å². The summed E-state index contributed by atoms with van der Waals surface area (Å²) in [4.78, 5) is 20.5. The normalized spacial score (nSPS) is 20.6. The van der Waals surface area contributed by atoms with E-state index < -0.39 is 11.9 Å². The number of hydrogen-bond acceptors (Lipinski definition) is 4. The summed E-state index contributed by atoms with van der Waals surface area (Å²) in [6.45, 7) is 0. The summed E-state index contributed by atoms with van der Waals surface area (Å²) in [6.07, 6.45) is 10.0. The first-order valence-electron chi connectivity index (χ1n) is 7.03. The molecular weight excluding hydrogens is 439 g/mol. The summed E-state index contributed by atoms with van der Waals surface area (Å²) in [7, 11) is 0. The van der Waals surface area contributed by atoms with Crippen molar-refractivity contribution < 1.29 is 22.7 Å². The van der Waals surface area contributed by atoms with Crippen molar-refractivity contribution in [1.82, 2.24) is 0 Å². The SMILES string of the molecule is O=C([O-])C1CCCCC1.O=C([O-])C1CCCCC1.[H-].[H-].[Pb]. The van der Waals surface area contributed by atoms with E-state index in [1.54, 1.807) is 0 Å². The van der Waals surface area contributed by atoms with Crippen LogP contribution in [-0.2, 0) is 9.59 Å². The van der Waals surface area contributed by atoms with E-state index in [9.17, 15) is 19.8 Å². The van der Waals surface area contributed by atoms with Gasteiger partial charge < -0.3 is 22.7 Å². The van der Waals surface area contributed by atoms with Crippen molar-refractivity contribution in [3.63, 3.8) is 0 Å². The Balaban J connectivity index is -0.000000270. The first-order chi connectivity index (χ1) is 8.61. The predicted molar refractivity (Wildman–Crippen MR) is 71.1 cm³/mol. The molecule has 0 aromatic carbocycles. The monoisotopic (exact) mass is 464 g/mol. The van der Waals surface area contributed by atoms with Gasteiger partial charge in [0.2, 0.25) is 0 Å². The van der Waals surface area contributed by atoms with Crippen LogP contribution in [0.25, 0.3) is 0 Å². The number of aliphatic carboxylic acids is 2. The second-order valence-electron chi connectivity index (χ2n) is 5.31. The second kappa shape index (κ2) is 10.6. The third-order valence-electron chi connectivity index (χ3n) is 3.88. The van der Waals surface area contributed by atoms with Gasteiger partial charge in [-0.15, -0.1) is 0 Å². The number of rotatable bonds is 2. The smallest absolute Gasteiger partial charge is 0.0445 e. The first-order valence-corrected chi connectivity index (χ1v) is 7.03. The van der Waals surface area contributed by atoms with Gasteiger partial charge in [0, 0.05) is 39.2 Å². The quantitative estimate of drug-likeness (QED) is 0.558. The van der Waals surface area contributed by atoms with E-state index in [0.29, 0.717) is 0 Å². The van der Waals surface area contributed by atoms with Crippen molar-refractivity contribution in [3.05, 3.63) is 0 Å². The molecule has 0 aromatic rings. The van der Waals surface area contributed by atoms with Gasteiger partial charge in [-0.3, -0.25) is 0 Å². The molecule has 2 saturated carbocycles. The van der Waals surface area contributed by atoms with E-state index in [4.69, 9.17) is 0 Å². The topological polar surface area (TPSA) is 80.3 Å². The van der Waals surface area contributed by atoms with Gasteiger partial charge in [-0.2, -0.15) is 0 Å². The van der Waals surface area contributed by atoms with Gasteiger partial charge in [-0.25, -0.2) is 0 Å². The van der Waals surface area contributed by atoms with Crippen molar-refractivity contribution in [3.8, 4) is 0 Å². The third kappa shape index (κ3) is 7.89. The van der Waals surface area contributed by atoms with Gasteiger partial charge in [0.15, 0.2) is 0 Å². The fourth-order valence-corrected chi connectivity index (χ4v) is 2.68. The maximum Gasteiger partial charge on any atom is 0.0445 e. The third-order valence-corrected chi connectivity index (χ3v) is 3.88. The molecule has 0 spiro atoms. The Kier molecular flexibility index (Phi) is 10.5. The predicted octanol–water partition coefficient (Wildman–Crippen LogP) is 0.477. The molecular formula is C14H24O4Pb-4. The largest absolute Gasteiger partial charge is 1.00 e. The zero-order valence-corrected chi connectivity index (χ0v) is 15.2. The summed E-state index contributed by atoms with van der Waals surface area (Å²) in [5, 5.41) is 20.5. The van der Waals surface area contributed by atoms with E-state index in [0.717, 1.165) is 51.4 Å². The van der Waals surface area contributed by atoms with Crippen LogP contribution in [0.3, 0.4) is 0 Å². The molecule has 2 fully saturated rings. The minimum atomic E-state index is -0.852. The Morgan fingerprint density at radius 1 is 0.684 bits per heavy atom. The average Bonchev–Trinajstić information content (AvgIpc) is 2.41. The summed E-state index contributed by atoms with van der Waals surface area (Å²) >= 11 is 0. The van der Waals surface area contributed by atoms with Crippen LogP contribution in [0.4, 0.5) is 0 Å².